The van der Waals surface area contributed by atoms with E-state index in [-0.39, 0.29) is 23.6 Å². The van der Waals surface area contributed by atoms with Crippen molar-refractivity contribution >= 4 is 29.0 Å². The third-order valence-electron chi connectivity index (χ3n) is 9.56. The van der Waals surface area contributed by atoms with Crippen molar-refractivity contribution in [2.45, 2.75) is 78.2 Å². The molecule has 0 aromatic heterocycles. The van der Waals surface area contributed by atoms with Gasteiger partial charge in [0.2, 0.25) is 0 Å². The summed E-state index contributed by atoms with van der Waals surface area (Å²) in [4.78, 5) is 39.3. The van der Waals surface area contributed by atoms with Gasteiger partial charge in [-0.3, -0.25) is 14.4 Å². The van der Waals surface area contributed by atoms with Gasteiger partial charge < -0.3 is 14.4 Å². The van der Waals surface area contributed by atoms with E-state index in [0.717, 1.165) is 42.7 Å². The molecule has 1 aromatic rings. The third-order valence-corrected chi connectivity index (χ3v) is 9.56. The second-order valence-electron chi connectivity index (χ2n) is 11.9. The molecule has 6 heteroatoms. The summed E-state index contributed by atoms with van der Waals surface area (Å²) < 4.78 is 11.5. The lowest BCUT2D eigenvalue weighted by molar-refractivity contribution is -0.179. The van der Waals surface area contributed by atoms with Gasteiger partial charge in [-0.05, 0) is 103 Å². The normalized spacial score (nSPS) is 30.1. The van der Waals surface area contributed by atoms with Crippen LogP contribution in [0.1, 0.15) is 78.2 Å². The van der Waals surface area contributed by atoms with Gasteiger partial charge in [0.25, 0.3) is 0 Å². The first-order valence-electron chi connectivity index (χ1n) is 13.8. The maximum Gasteiger partial charge on any atom is 0.307 e. The van der Waals surface area contributed by atoms with Crippen molar-refractivity contribution in [2.75, 3.05) is 19.0 Å². The van der Waals surface area contributed by atoms with Gasteiger partial charge in [-0.1, -0.05) is 19.1 Å². The molecule has 6 nitrogen and oxygen atoms in total. The molecule has 1 fully saturated rings. The van der Waals surface area contributed by atoms with E-state index in [1.165, 1.54) is 36.1 Å². The van der Waals surface area contributed by atoms with Crippen molar-refractivity contribution < 1.29 is 23.9 Å². The maximum atomic E-state index is 13.3. The number of allylic oxidation sites excluding steroid dienone is 6. The minimum Gasteiger partial charge on any atom is -0.451 e. The number of ketones is 1. The Balaban J connectivity index is 1.70. The minimum atomic E-state index is -1.10. The van der Waals surface area contributed by atoms with Gasteiger partial charge in [0.1, 0.15) is 5.76 Å². The van der Waals surface area contributed by atoms with Crippen molar-refractivity contribution in [3.63, 3.8) is 0 Å². The number of hydrogen-bond acceptors (Lipinski definition) is 6. The van der Waals surface area contributed by atoms with Gasteiger partial charge in [-0.15, -0.1) is 0 Å². The smallest absolute Gasteiger partial charge is 0.307 e. The van der Waals surface area contributed by atoms with Crippen LogP contribution in [0, 0.1) is 17.3 Å². The Hall–Kier alpha value is -3.15. The van der Waals surface area contributed by atoms with E-state index in [1.807, 2.05) is 14.1 Å². The number of carbonyl (C=O) groups excluding carboxylic acids is 3. The molecule has 5 rings (SSSR count). The van der Waals surface area contributed by atoms with Crippen LogP contribution in [0.15, 0.2) is 52.8 Å². The molecule has 38 heavy (non-hydrogen) atoms. The molecule has 0 N–H and O–H groups in total. The topological polar surface area (TPSA) is 72.9 Å². The van der Waals surface area contributed by atoms with E-state index >= 15 is 0 Å². The molecule has 4 atom stereocenters. The van der Waals surface area contributed by atoms with Gasteiger partial charge in [-0.25, -0.2) is 0 Å². The number of ether oxygens (including phenoxy) is 2. The van der Waals surface area contributed by atoms with E-state index in [1.54, 1.807) is 6.92 Å². The van der Waals surface area contributed by atoms with Crippen LogP contribution >= 0.6 is 0 Å². The largest absolute Gasteiger partial charge is 0.451 e. The zero-order chi connectivity index (χ0) is 27.4. The number of fused-ring (bicyclic) bond motifs is 4. The van der Waals surface area contributed by atoms with Crippen LogP contribution in [0.25, 0.3) is 5.57 Å². The molecule has 0 amide bonds. The molecular formula is C32H39NO5. The second-order valence-corrected chi connectivity index (χ2v) is 11.9. The first-order valence-corrected chi connectivity index (χ1v) is 13.8. The Morgan fingerprint density at radius 2 is 1.63 bits per heavy atom. The van der Waals surface area contributed by atoms with Gasteiger partial charge in [-0.2, -0.15) is 0 Å². The number of Topliss-reactive ketones (excluding diaryl/α,β-unsaturated/α-hetero) is 1. The summed E-state index contributed by atoms with van der Waals surface area (Å²) in [5.41, 5.74) is 6.00. The summed E-state index contributed by atoms with van der Waals surface area (Å²) in [7, 11) is 4.07. The number of carbonyl (C=O) groups is 3. The van der Waals surface area contributed by atoms with Crippen molar-refractivity contribution in [1.29, 1.82) is 0 Å². The fourth-order valence-electron chi connectivity index (χ4n) is 7.97. The van der Waals surface area contributed by atoms with Gasteiger partial charge in [0.05, 0.1) is 0 Å². The van der Waals surface area contributed by atoms with Gasteiger partial charge in [0, 0.05) is 45.5 Å². The molecule has 0 unspecified atom stereocenters. The fraction of sp³-hybridized carbons (Fsp3) is 0.531. The SMILES string of the molecule is CC(=O)OC1=CC2=C(CC1)C1=C(c3ccc(N(C)C)cc3)C[C@@]3(C)[C@@H](CC[C@]3(OC(C)=O)C(C)=O)[C@@H]1CC2. The van der Waals surface area contributed by atoms with Crippen LogP contribution in [0.3, 0.4) is 0 Å². The van der Waals surface area contributed by atoms with Gasteiger partial charge >= 0.3 is 11.9 Å². The van der Waals surface area contributed by atoms with E-state index < -0.39 is 17.0 Å². The summed E-state index contributed by atoms with van der Waals surface area (Å²) in [5, 5.41) is 0. The molecule has 0 bridgehead atoms. The third kappa shape index (κ3) is 4.13. The Morgan fingerprint density at radius 1 is 0.921 bits per heavy atom. The average Bonchev–Trinajstić information content (AvgIpc) is 3.15. The van der Waals surface area contributed by atoms with Crippen molar-refractivity contribution in [2.24, 2.45) is 17.3 Å². The summed E-state index contributed by atoms with van der Waals surface area (Å²) in [6.45, 7) is 6.64. The molecule has 0 radical (unpaired) electrons. The van der Waals surface area contributed by atoms with Crippen molar-refractivity contribution in [3.8, 4) is 0 Å². The van der Waals surface area contributed by atoms with Crippen LogP contribution in [0.4, 0.5) is 5.69 Å². The Bertz CT molecular complexity index is 1280. The summed E-state index contributed by atoms with van der Waals surface area (Å²) in [6, 6.07) is 8.66. The van der Waals surface area contributed by atoms with Crippen LogP contribution < -0.4 is 4.90 Å². The highest BCUT2D eigenvalue weighted by Crippen LogP contribution is 2.66. The molecule has 4 aliphatic rings. The van der Waals surface area contributed by atoms with Crippen LogP contribution in [0.2, 0.25) is 0 Å². The zero-order valence-corrected chi connectivity index (χ0v) is 23.5. The standard InChI is InChI=1S/C32H39NO5/c1-19(34)32(38-21(3)36)16-15-29-27-13-9-23-17-25(37-20(2)35)12-14-26(23)30(27)28(18-31(29,32)4)22-7-10-24(11-8-22)33(5)6/h7-8,10-11,17,27,29H,9,12-16,18H2,1-6H3/t27-,29-,31-,32-/m0/s1. The minimum absolute atomic E-state index is 0.0502. The lowest BCUT2D eigenvalue weighted by atomic mass is 9.53. The maximum absolute atomic E-state index is 13.3. The molecule has 0 aliphatic heterocycles. The Kier molecular flexibility index (Phi) is 6.65. The van der Waals surface area contributed by atoms with E-state index in [0.29, 0.717) is 19.3 Å². The lowest BCUT2D eigenvalue weighted by Crippen LogP contribution is -2.55. The molecule has 4 aliphatic carbocycles. The highest BCUT2D eigenvalue weighted by atomic mass is 16.6. The second kappa shape index (κ2) is 9.55. The number of rotatable bonds is 5. The van der Waals surface area contributed by atoms with Crippen LogP contribution in [0.5, 0.6) is 0 Å². The molecular weight excluding hydrogens is 478 g/mol. The molecule has 202 valence electrons. The molecule has 1 aromatic carbocycles. The number of anilines is 1. The number of hydrogen-bond donors (Lipinski definition) is 0. The Labute approximate surface area is 225 Å². The fourth-order valence-corrected chi connectivity index (χ4v) is 7.97. The first kappa shape index (κ1) is 26.5. The number of benzene rings is 1. The van der Waals surface area contributed by atoms with Crippen molar-refractivity contribution in [1.82, 2.24) is 0 Å². The first-order chi connectivity index (χ1) is 18.0. The highest BCUT2D eigenvalue weighted by Gasteiger charge is 2.66. The average molecular weight is 518 g/mol. The summed E-state index contributed by atoms with van der Waals surface area (Å²) in [6.07, 6.45) is 7.61. The predicted molar refractivity (Wildman–Crippen MR) is 147 cm³/mol. The number of esters is 2. The van der Waals surface area contributed by atoms with E-state index in [9.17, 15) is 14.4 Å². The monoisotopic (exact) mass is 517 g/mol. The van der Waals surface area contributed by atoms with E-state index in [4.69, 9.17) is 9.47 Å². The van der Waals surface area contributed by atoms with Crippen LogP contribution in [-0.4, -0.2) is 37.4 Å². The summed E-state index contributed by atoms with van der Waals surface area (Å²) >= 11 is 0. The zero-order valence-electron chi connectivity index (χ0n) is 23.5. The molecule has 0 spiro atoms. The molecule has 1 saturated carbocycles. The van der Waals surface area contributed by atoms with Crippen LogP contribution in [-0.2, 0) is 23.9 Å². The molecule has 0 saturated heterocycles. The lowest BCUT2D eigenvalue weighted by Gasteiger charge is -2.52. The highest BCUT2D eigenvalue weighted by molar-refractivity contribution is 5.90. The Morgan fingerprint density at radius 3 is 2.24 bits per heavy atom. The van der Waals surface area contributed by atoms with Crippen molar-refractivity contribution in [3.05, 3.63) is 58.4 Å². The summed E-state index contributed by atoms with van der Waals surface area (Å²) in [5.74, 6) is 0.568. The molecule has 0 heterocycles. The van der Waals surface area contributed by atoms with Gasteiger partial charge in [0.15, 0.2) is 11.4 Å². The quantitative estimate of drug-likeness (QED) is 0.435. The number of nitrogens with zero attached hydrogens (tertiary/aromatic N) is 1. The predicted octanol–water partition coefficient (Wildman–Crippen LogP) is 6.16. The van der Waals surface area contributed by atoms with E-state index in [2.05, 4.69) is 42.2 Å².